The summed E-state index contributed by atoms with van der Waals surface area (Å²) in [4.78, 5) is 15.3. The molecule has 2 N–H and O–H groups in total. The van der Waals surface area contributed by atoms with Gasteiger partial charge in [0.1, 0.15) is 16.6 Å². The SMILES string of the molecule is CCOc1c(C2CCC(C)CC2)ccc(-c2nc(S(=O)(=O)Nc3cc(F)c(C(=O)O)cc3OC)cs2)c1F. The number of sulfonamides is 1. The summed E-state index contributed by atoms with van der Waals surface area (Å²) >= 11 is 0.933. The standard InChI is InChI=1S/C26H28F2N2O6S2/c1-4-36-24-16(15-7-5-14(2)6-8-15)9-10-17(23(24)28)25-29-22(13-37-25)38(33,34)30-20-12-19(27)18(26(31)32)11-21(20)35-3/h9-15,30H,4-8H2,1-3H3,(H,31,32). The fourth-order valence-corrected chi connectivity index (χ4v) is 6.76. The highest BCUT2D eigenvalue weighted by molar-refractivity contribution is 7.92. The molecule has 1 fully saturated rings. The number of benzene rings is 2. The maximum atomic E-state index is 15.7. The number of carboxylic acids is 1. The number of rotatable bonds is 9. The zero-order valence-electron chi connectivity index (χ0n) is 21.1. The number of halogens is 2. The Kier molecular flexibility index (Phi) is 8.22. The minimum atomic E-state index is -4.35. The van der Waals surface area contributed by atoms with E-state index in [1.54, 1.807) is 13.0 Å². The van der Waals surface area contributed by atoms with Crippen molar-refractivity contribution in [2.45, 2.75) is 50.5 Å². The molecule has 4 rings (SSSR count). The molecule has 0 radical (unpaired) electrons. The van der Waals surface area contributed by atoms with E-state index < -0.39 is 38.2 Å². The van der Waals surface area contributed by atoms with E-state index in [0.29, 0.717) is 12.0 Å². The van der Waals surface area contributed by atoms with Crippen molar-refractivity contribution < 1.29 is 36.6 Å². The van der Waals surface area contributed by atoms with E-state index in [0.717, 1.165) is 48.6 Å². The minimum Gasteiger partial charge on any atom is -0.495 e. The molecule has 3 aromatic rings. The van der Waals surface area contributed by atoms with Gasteiger partial charge in [-0.2, -0.15) is 8.42 Å². The van der Waals surface area contributed by atoms with E-state index >= 15 is 4.39 Å². The first kappa shape index (κ1) is 27.8. The molecular weight excluding hydrogens is 538 g/mol. The predicted octanol–water partition coefficient (Wildman–Crippen LogP) is 6.29. The zero-order chi connectivity index (χ0) is 27.6. The number of methoxy groups -OCH3 is 1. The van der Waals surface area contributed by atoms with Gasteiger partial charge in [-0.05, 0) is 43.7 Å². The van der Waals surface area contributed by atoms with Crippen LogP contribution in [-0.2, 0) is 10.0 Å². The van der Waals surface area contributed by atoms with Crippen LogP contribution < -0.4 is 14.2 Å². The highest BCUT2D eigenvalue weighted by atomic mass is 32.2. The fourth-order valence-electron chi connectivity index (χ4n) is 4.59. The molecule has 12 heteroatoms. The average molecular weight is 567 g/mol. The number of carboxylic acid groups (broad SMARTS) is 1. The zero-order valence-corrected chi connectivity index (χ0v) is 22.7. The van der Waals surface area contributed by atoms with Crippen LogP contribution in [-0.4, -0.2) is 38.2 Å². The van der Waals surface area contributed by atoms with Crippen LogP contribution in [0.15, 0.2) is 34.7 Å². The van der Waals surface area contributed by atoms with Gasteiger partial charge < -0.3 is 14.6 Å². The fraction of sp³-hybridized carbons (Fsp3) is 0.385. The Labute approximate surface area is 223 Å². The number of nitrogens with one attached hydrogen (secondary N) is 1. The maximum absolute atomic E-state index is 15.7. The topological polar surface area (TPSA) is 115 Å². The highest BCUT2D eigenvalue weighted by Gasteiger charge is 2.28. The number of hydrogen-bond donors (Lipinski definition) is 2. The summed E-state index contributed by atoms with van der Waals surface area (Å²) in [5, 5.41) is 10.1. The molecule has 1 aromatic heterocycles. The van der Waals surface area contributed by atoms with E-state index in [1.165, 1.54) is 12.5 Å². The molecule has 0 unspecified atom stereocenters. The van der Waals surface area contributed by atoms with E-state index in [2.05, 4.69) is 16.6 Å². The van der Waals surface area contributed by atoms with Crippen molar-refractivity contribution in [1.82, 2.24) is 4.98 Å². The molecule has 0 amide bonds. The molecule has 2 aromatic carbocycles. The Morgan fingerprint density at radius 1 is 1.21 bits per heavy atom. The first-order valence-electron chi connectivity index (χ1n) is 12.1. The number of aromatic carboxylic acids is 1. The van der Waals surface area contributed by atoms with Crippen LogP contribution in [0.1, 0.15) is 61.4 Å². The Morgan fingerprint density at radius 3 is 2.55 bits per heavy atom. The molecule has 0 aliphatic heterocycles. The number of anilines is 1. The lowest BCUT2D eigenvalue weighted by atomic mass is 9.79. The molecule has 0 bridgehead atoms. The lowest BCUT2D eigenvalue weighted by Gasteiger charge is -2.28. The second-order valence-electron chi connectivity index (χ2n) is 9.17. The van der Waals surface area contributed by atoms with Gasteiger partial charge in [0.2, 0.25) is 0 Å². The second kappa shape index (κ2) is 11.2. The highest BCUT2D eigenvalue weighted by Crippen LogP contribution is 2.43. The lowest BCUT2D eigenvalue weighted by Crippen LogP contribution is -2.15. The van der Waals surface area contributed by atoms with Gasteiger partial charge in [0.05, 0.1) is 30.5 Å². The Hall–Kier alpha value is -3.25. The molecule has 1 aliphatic rings. The van der Waals surface area contributed by atoms with Gasteiger partial charge in [-0.1, -0.05) is 25.8 Å². The summed E-state index contributed by atoms with van der Waals surface area (Å²) in [6, 6.07) is 5.01. The molecule has 1 saturated carbocycles. The third kappa shape index (κ3) is 5.60. The molecular formula is C26H28F2N2O6S2. The molecule has 0 spiro atoms. The van der Waals surface area contributed by atoms with Gasteiger partial charge in [-0.15, -0.1) is 11.3 Å². The van der Waals surface area contributed by atoms with Gasteiger partial charge in [0.25, 0.3) is 10.0 Å². The van der Waals surface area contributed by atoms with Crippen LogP contribution in [0.5, 0.6) is 11.5 Å². The Bertz CT molecular complexity index is 1450. The smallest absolute Gasteiger partial charge is 0.338 e. The monoisotopic (exact) mass is 566 g/mol. The summed E-state index contributed by atoms with van der Waals surface area (Å²) in [5.74, 6) is -2.46. The number of hydrogen-bond acceptors (Lipinski definition) is 7. The van der Waals surface area contributed by atoms with Gasteiger partial charge in [-0.3, -0.25) is 4.72 Å². The van der Waals surface area contributed by atoms with E-state index in [4.69, 9.17) is 14.6 Å². The first-order chi connectivity index (χ1) is 18.1. The third-order valence-corrected chi connectivity index (χ3v) is 8.90. The largest absolute Gasteiger partial charge is 0.495 e. The van der Waals surface area contributed by atoms with Gasteiger partial charge >= 0.3 is 5.97 Å². The molecule has 0 saturated heterocycles. The summed E-state index contributed by atoms with van der Waals surface area (Å²) in [6.07, 6.45) is 4.02. The first-order valence-corrected chi connectivity index (χ1v) is 14.5. The van der Waals surface area contributed by atoms with Gasteiger partial charge in [0.15, 0.2) is 16.6 Å². The van der Waals surface area contributed by atoms with Crippen LogP contribution >= 0.6 is 11.3 Å². The van der Waals surface area contributed by atoms with Crippen LogP contribution in [0.3, 0.4) is 0 Å². The second-order valence-corrected chi connectivity index (χ2v) is 11.7. The quantitative estimate of drug-likeness (QED) is 0.313. The van der Waals surface area contributed by atoms with Crippen LogP contribution in [0.4, 0.5) is 14.5 Å². The molecule has 38 heavy (non-hydrogen) atoms. The van der Waals surface area contributed by atoms with Gasteiger partial charge in [-0.25, -0.2) is 18.6 Å². The number of ether oxygens (including phenoxy) is 2. The number of carbonyl (C=O) groups is 1. The average Bonchev–Trinajstić information content (AvgIpc) is 3.37. The van der Waals surface area contributed by atoms with Crippen molar-refractivity contribution in [3.8, 4) is 22.1 Å². The molecule has 0 atom stereocenters. The third-order valence-electron chi connectivity index (χ3n) is 6.62. The van der Waals surface area contributed by atoms with E-state index in [9.17, 15) is 17.6 Å². The van der Waals surface area contributed by atoms with Crippen molar-refractivity contribution in [3.05, 3.63) is 52.4 Å². The lowest BCUT2D eigenvalue weighted by molar-refractivity contribution is 0.0691. The molecule has 8 nitrogen and oxygen atoms in total. The number of thiazole rings is 1. The van der Waals surface area contributed by atoms with E-state index in [-0.39, 0.29) is 40.3 Å². The summed E-state index contributed by atoms with van der Waals surface area (Å²) in [5.41, 5.74) is -0.0553. The summed E-state index contributed by atoms with van der Waals surface area (Å²) < 4.78 is 68.8. The van der Waals surface area contributed by atoms with Crippen molar-refractivity contribution in [2.75, 3.05) is 18.4 Å². The number of aromatic nitrogens is 1. The number of nitrogens with zero attached hydrogens (tertiary/aromatic N) is 1. The van der Waals surface area contributed by atoms with Crippen molar-refractivity contribution in [1.29, 1.82) is 0 Å². The van der Waals surface area contributed by atoms with Crippen molar-refractivity contribution in [2.24, 2.45) is 5.92 Å². The molecule has 204 valence electrons. The molecule has 1 heterocycles. The van der Waals surface area contributed by atoms with Crippen LogP contribution in [0, 0.1) is 17.6 Å². The Morgan fingerprint density at radius 2 is 1.92 bits per heavy atom. The predicted molar refractivity (Wildman–Crippen MR) is 140 cm³/mol. The van der Waals surface area contributed by atoms with Gasteiger partial charge in [0, 0.05) is 17.0 Å². The summed E-state index contributed by atoms with van der Waals surface area (Å²) in [6.45, 7) is 4.26. The van der Waals surface area contributed by atoms with E-state index in [1.807, 2.05) is 6.07 Å². The van der Waals surface area contributed by atoms with Crippen LogP contribution in [0.2, 0.25) is 0 Å². The maximum Gasteiger partial charge on any atom is 0.338 e. The van der Waals surface area contributed by atoms with Crippen LogP contribution in [0.25, 0.3) is 10.6 Å². The van der Waals surface area contributed by atoms with Crippen molar-refractivity contribution >= 4 is 33.0 Å². The summed E-state index contributed by atoms with van der Waals surface area (Å²) in [7, 11) is -3.16. The Balaban J connectivity index is 1.65. The van der Waals surface area contributed by atoms with Crippen molar-refractivity contribution in [3.63, 3.8) is 0 Å². The normalized spacial score (nSPS) is 17.7. The minimum absolute atomic E-state index is 0.113. The molecule has 1 aliphatic carbocycles.